The normalized spacial score (nSPS) is 17.7. The van der Waals surface area contributed by atoms with Gasteiger partial charge in [0, 0.05) is 12.1 Å². The van der Waals surface area contributed by atoms with E-state index in [1.54, 1.807) is 6.92 Å². The number of benzene rings is 2. The fourth-order valence-electron chi connectivity index (χ4n) is 3.00. The highest BCUT2D eigenvalue weighted by molar-refractivity contribution is 5.97. The van der Waals surface area contributed by atoms with E-state index in [0.717, 1.165) is 5.56 Å². The molecule has 1 aliphatic heterocycles. The molecule has 0 unspecified atom stereocenters. The molecule has 3 rings (SSSR count). The van der Waals surface area contributed by atoms with Gasteiger partial charge in [-0.25, -0.2) is 9.69 Å². The van der Waals surface area contributed by atoms with Gasteiger partial charge in [0.25, 0.3) is 5.69 Å². The quantitative estimate of drug-likeness (QED) is 0.607. The summed E-state index contributed by atoms with van der Waals surface area (Å²) in [5, 5.41) is 10.8. The number of nitrogens with zero attached hydrogens (tertiary/aromatic N) is 2. The van der Waals surface area contributed by atoms with Crippen LogP contribution in [0.25, 0.3) is 0 Å². The molecule has 1 saturated heterocycles. The molecule has 0 spiro atoms. The number of hydrogen-bond donors (Lipinski definition) is 0. The van der Waals surface area contributed by atoms with Gasteiger partial charge in [-0.05, 0) is 24.5 Å². The van der Waals surface area contributed by atoms with Crippen LogP contribution in [0.1, 0.15) is 24.0 Å². The number of amides is 2. The van der Waals surface area contributed by atoms with E-state index in [1.165, 1.54) is 29.2 Å². The molecule has 7 nitrogen and oxygen atoms in total. The van der Waals surface area contributed by atoms with E-state index in [2.05, 4.69) is 0 Å². The Morgan fingerprint density at radius 1 is 1.23 bits per heavy atom. The summed E-state index contributed by atoms with van der Waals surface area (Å²) < 4.78 is 5.08. The Bertz CT molecular complexity index is 820. The summed E-state index contributed by atoms with van der Waals surface area (Å²) in [6, 6.07) is 15.0. The van der Waals surface area contributed by atoms with Gasteiger partial charge >= 0.3 is 6.09 Å². The van der Waals surface area contributed by atoms with Crippen LogP contribution in [-0.4, -0.2) is 34.5 Å². The molecule has 26 heavy (non-hydrogen) atoms. The summed E-state index contributed by atoms with van der Waals surface area (Å²) in [5.41, 5.74) is 1.58. The van der Waals surface area contributed by atoms with Crippen molar-refractivity contribution < 1.29 is 19.2 Å². The molecule has 7 heteroatoms. The summed E-state index contributed by atoms with van der Waals surface area (Å²) in [4.78, 5) is 36.4. The van der Waals surface area contributed by atoms with E-state index < -0.39 is 16.9 Å². The lowest BCUT2D eigenvalue weighted by Crippen LogP contribution is -2.42. The SMILES string of the molecule is C[C@H](C(=O)N1C(=O)OC[C@H]1Cc1ccccc1)c1ccc([N+](=O)[O-])cc1. The van der Waals surface area contributed by atoms with Crippen LogP contribution in [0.15, 0.2) is 54.6 Å². The average Bonchev–Trinajstić information content (AvgIpc) is 3.01. The van der Waals surface area contributed by atoms with Gasteiger partial charge in [-0.1, -0.05) is 42.5 Å². The number of carbonyl (C=O) groups is 2. The molecular formula is C19H18N2O5. The van der Waals surface area contributed by atoms with Crippen molar-refractivity contribution >= 4 is 17.7 Å². The van der Waals surface area contributed by atoms with E-state index in [-0.39, 0.29) is 24.2 Å². The number of hydrogen-bond acceptors (Lipinski definition) is 5. The van der Waals surface area contributed by atoms with Gasteiger partial charge in [0.2, 0.25) is 5.91 Å². The van der Waals surface area contributed by atoms with Crippen molar-refractivity contribution in [2.75, 3.05) is 6.61 Å². The first-order valence-electron chi connectivity index (χ1n) is 8.25. The molecule has 0 aromatic heterocycles. The molecule has 2 aromatic carbocycles. The molecule has 0 saturated carbocycles. The second kappa shape index (κ2) is 7.35. The van der Waals surface area contributed by atoms with Crippen LogP contribution < -0.4 is 0 Å². The Labute approximate surface area is 150 Å². The van der Waals surface area contributed by atoms with E-state index in [4.69, 9.17) is 4.74 Å². The molecule has 134 valence electrons. The Hall–Kier alpha value is -3.22. The average molecular weight is 354 g/mol. The van der Waals surface area contributed by atoms with Crippen LogP contribution in [0.3, 0.4) is 0 Å². The minimum atomic E-state index is -0.648. The first-order valence-corrected chi connectivity index (χ1v) is 8.25. The summed E-state index contributed by atoms with van der Waals surface area (Å²) >= 11 is 0. The Morgan fingerprint density at radius 2 is 1.88 bits per heavy atom. The number of non-ortho nitro benzene ring substituents is 1. The topological polar surface area (TPSA) is 89.8 Å². The lowest BCUT2D eigenvalue weighted by Gasteiger charge is -2.23. The summed E-state index contributed by atoms with van der Waals surface area (Å²) in [7, 11) is 0. The predicted molar refractivity (Wildman–Crippen MR) is 93.6 cm³/mol. The van der Waals surface area contributed by atoms with Crippen molar-refractivity contribution in [2.45, 2.75) is 25.3 Å². The zero-order chi connectivity index (χ0) is 18.7. The van der Waals surface area contributed by atoms with Gasteiger partial charge in [0.1, 0.15) is 6.61 Å². The minimum Gasteiger partial charge on any atom is -0.447 e. The molecule has 2 amide bonds. The maximum Gasteiger partial charge on any atom is 0.417 e. The van der Waals surface area contributed by atoms with Crippen molar-refractivity contribution in [3.63, 3.8) is 0 Å². The van der Waals surface area contributed by atoms with Crippen molar-refractivity contribution in [1.82, 2.24) is 4.90 Å². The second-order valence-electron chi connectivity index (χ2n) is 6.20. The van der Waals surface area contributed by atoms with Crippen LogP contribution in [0.4, 0.5) is 10.5 Å². The molecule has 1 aliphatic rings. The number of nitro groups is 1. The third-order valence-electron chi connectivity index (χ3n) is 4.49. The molecule has 0 bridgehead atoms. The van der Waals surface area contributed by atoms with Gasteiger partial charge in [-0.3, -0.25) is 14.9 Å². The van der Waals surface area contributed by atoms with E-state index in [1.807, 2.05) is 30.3 Å². The Balaban J connectivity index is 1.77. The van der Waals surface area contributed by atoms with Crippen LogP contribution in [0, 0.1) is 10.1 Å². The first-order chi connectivity index (χ1) is 12.5. The van der Waals surface area contributed by atoms with Crippen molar-refractivity contribution in [2.24, 2.45) is 0 Å². The number of carbonyl (C=O) groups excluding carboxylic acids is 2. The van der Waals surface area contributed by atoms with Crippen LogP contribution in [0.2, 0.25) is 0 Å². The van der Waals surface area contributed by atoms with Gasteiger partial charge in [0.05, 0.1) is 16.9 Å². The van der Waals surface area contributed by atoms with Crippen LogP contribution in [-0.2, 0) is 16.0 Å². The smallest absolute Gasteiger partial charge is 0.417 e. The summed E-state index contributed by atoms with van der Waals surface area (Å²) in [6.45, 7) is 1.83. The fourth-order valence-corrected chi connectivity index (χ4v) is 3.00. The predicted octanol–water partition coefficient (Wildman–Crippen LogP) is 3.29. The van der Waals surface area contributed by atoms with E-state index in [0.29, 0.717) is 12.0 Å². The lowest BCUT2D eigenvalue weighted by atomic mass is 9.98. The number of imide groups is 1. The molecule has 2 aromatic rings. The Morgan fingerprint density at radius 3 is 2.50 bits per heavy atom. The minimum absolute atomic E-state index is 0.0454. The highest BCUT2D eigenvalue weighted by Gasteiger charge is 2.40. The van der Waals surface area contributed by atoms with Crippen molar-refractivity contribution in [1.29, 1.82) is 0 Å². The maximum absolute atomic E-state index is 12.9. The largest absolute Gasteiger partial charge is 0.447 e. The molecule has 0 N–H and O–H groups in total. The fraction of sp³-hybridized carbons (Fsp3) is 0.263. The summed E-state index contributed by atoms with van der Waals surface area (Å²) in [5.74, 6) is -0.984. The first kappa shape index (κ1) is 17.6. The lowest BCUT2D eigenvalue weighted by molar-refractivity contribution is -0.384. The maximum atomic E-state index is 12.9. The second-order valence-corrected chi connectivity index (χ2v) is 6.20. The highest BCUT2D eigenvalue weighted by atomic mass is 16.6. The Kier molecular flexibility index (Phi) is 4.97. The molecule has 1 fully saturated rings. The standard InChI is InChI=1S/C19H18N2O5/c1-13(15-7-9-16(10-8-15)21(24)25)18(22)20-17(12-26-19(20)23)11-14-5-3-2-4-6-14/h2-10,13,17H,11-12H2,1H3/t13-,17+/m0/s1. The summed E-state index contributed by atoms with van der Waals surface area (Å²) in [6.07, 6.45) is -0.129. The third-order valence-corrected chi connectivity index (χ3v) is 4.49. The number of cyclic esters (lactones) is 1. The number of rotatable bonds is 5. The van der Waals surface area contributed by atoms with E-state index >= 15 is 0 Å². The number of ether oxygens (including phenoxy) is 1. The highest BCUT2D eigenvalue weighted by Crippen LogP contribution is 2.26. The van der Waals surface area contributed by atoms with Crippen LogP contribution in [0.5, 0.6) is 0 Å². The van der Waals surface area contributed by atoms with Crippen LogP contribution >= 0.6 is 0 Å². The molecule has 0 aliphatic carbocycles. The van der Waals surface area contributed by atoms with Crippen molar-refractivity contribution in [3.8, 4) is 0 Å². The zero-order valence-electron chi connectivity index (χ0n) is 14.2. The van der Waals surface area contributed by atoms with E-state index in [9.17, 15) is 19.7 Å². The zero-order valence-corrected chi connectivity index (χ0v) is 14.2. The van der Waals surface area contributed by atoms with Crippen molar-refractivity contribution in [3.05, 3.63) is 75.8 Å². The monoisotopic (exact) mass is 354 g/mol. The molecule has 0 radical (unpaired) electrons. The van der Waals surface area contributed by atoms with Gasteiger partial charge in [-0.2, -0.15) is 0 Å². The van der Waals surface area contributed by atoms with Gasteiger partial charge in [-0.15, -0.1) is 0 Å². The number of nitro benzene ring substituents is 1. The molecule has 1 heterocycles. The third kappa shape index (κ3) is 3.56. The molecular weight excluding hydrogens is 336 g/mol. The van der Waals surface area contributed by atoms with Gasteiger partial charge in [0.15, 0.2) is 0 Å². The van der Waals surface area contributed by atoms with Gasteiger partial charge < -0.3 is 4.74 Å². The molecule has 2 atom stereocenters.